The second-order valence-corrected chi connectivity index (χ2v) is 9.06. The molecule has 5 rings (SSSR count). The summed E-state index contributed by atoms with van der Waals surface area (Å²) in [7, 11) is 0. The molecule has 9 heteroatoms. The molecule has 0 bridgehead atoms. The van der Waals surface area contributed by atoms with Crippen molar-refractivity contribution in [3.05, 3.63) is 84.1 Å². The number of hydrogen-bond acceptors (Lipinski definition) is 6. The highest BCUT2D eigenvalue weighted by atomic mass is 79.9. The van der Waals surface area contributed by atoms with Gasteiger partial charge in [-0.1, -0.05) is 51.0 Å². The van der Waals surface area contributed by atoms with Gasteiger partial charge in [0.1, 0.15) is 10.6 Å². The fourth-order valence-electron chi connectivity index (χ4n) is 3.52. The van der Waals surface area contributed by atoms with Crippen LogP contribution in [0.5, 0.6) is 0 Å². The van der Waals surface area contributed by atoms with Crippen LogP contribution in [0.25, 0.3) is 11.0 Å². The van der Waals surface area contributed by atoms with E-state index in [9.17, 15) is 9.59 Å². The van der Waals surface area contributed by atoms with Gasteiger partial charge in [-0.3, -0.25) is 14.5 Å². The Labute approximate surface area is 181 Å². The Hall–Kier alpha value is -2.55. The third kappa shape index (κ3) is 2.90. The predicted octanol–water partition coefficient (Wildman–Crippen LogP) is 5.12. The third-order valence-corrected chi connectivity index (χ3v) is 6.28. The number of halogens is 2. The molecular formula is C20H11BrClN3O3S. The third-order valence-electron chi connectivity index (χ3n) is 4.72. The fraction of sp³-hybridized carbons (Fsp3) is 0.100. The van der Waals surface area contributed by atoms with Gasteiger partial charge in [-0.25, -0.2) is 0 Å². The van der Waals surface area contributed by atoms with E-state index in [0.717, 1.165) is 10.0 Å². The Morgan fingerprint density at radius 2 is 2.00 bits per heavy atom. The molecule has 0 fully saturated rings. The molecule has 0 spiro atoms. The number of amides is 1. The summed E-state index contributed by atoms with van der Waals surface area (Å²) in [6.45, 7) is 1.81. The van der Waals surface area contributed by atoms with Crippen molar-refractivity contribution < 1.29 is 9.21 Å². The molecule has 0 radical (unpaired) electrons. The summed E-state index contributed by atoms with van der Waals surface area (Å²) < 4.78 is 6.72. The number of hydrogen-bond donors (Lipinski definition) is 0. The lowest BCUT2D eigenvalue weighted by Crippen LogP contribution is -2.29. The molecule has 1 aliphatic rings. The van der Waals surface area contributed by atoms with Crippen LogP contribution in [-0.4, -0.2) is 16.1 Å². The van der Waals surface area contributed by atoms with E-state index in [1.54, 1.807) is 18.2 Å². The molecule has 1 amide bonds. The molecule has 0 aliphatic carbocycles. The van der Waals surface area contributed by atoms with Crippen LogP contribution in [0, 0.1) is 6.92 Å². The number of carbonyl (C=O) groups is 1. The molecule has 1 aliphatic heterocycles. The van der Waals surface area contributed by atoms with Gasteiger partial charge in [-0.05, 0) is 42.8 Å². The van der Waals surface area contributed by atoms with Crippen molar-refractivity contribution in [2.75, 3.05) is 4.90 Å². The second-order valence-electron chi connectivity index (χ2n) is 6.55. The number of aryl methyl sites for hydroxylation is 1. The van der Waals surface area contributed by atoms with Gasteiger partial charge in [0.15, 0.2) is 5.43 Å². The summed E-state index contributed by atoms with van der Waals surface area (Å²) in [5, 5.41) is 10.0. The van der Waals surface area contributed by atoms with E-state index in [2.05, 4.69) is 26.1 Å². The first-order valence-corrected chi connectivity index (χ1v) is 10.6. The summed E-state index contributed by atoms with van der Waals surface area (Å²) in [5.74, 6) is -0.405. The maximum atomic E-state index is 13.4. The first kappa shape index (κ1) is 18.5. The number of nitrogens with zero attached hydrogens (tertiary/aromatic N) is 3. The van der Waals surface area contributed by atoms with E-state index in [1.807, 2.05) is 31.2 Å². The predicted molar refractivity (Wildman–Crippen MR) is 115 cm³/mol. The van der Waals surface area contributed by atoms with E-state index in [1.165, 1.54) is 16.2 Å². The van der Waals surface area contributed by atoms with E-state index in [4.69, 9.17) is 16.0 Å². The van der Waals surface area contributed by atoms with Crippen LogP contribution in [0.1, 0.15) is 32.7 Å². The number of rotatable bonds is 2. The average molecular weight is 489 g/mol. The zero-order valence-corrected chi connectivity index (χ0v) is 18.0. The zero-order valence-electron chi connectivity index (χ0n) is 14.8. The van der Waals surface area contributed by atoms with E-state index in [0.29, 0.717) is 26.1 Å². The number of carbonyl (C=O) groups excluding carboxylic acids is 1. The normalized spacial score (nSPS) is 15.9. The Kier molecular flexibility index (Phi) is 4.31. The lowest BCUT2D eigenvalue weighted by molar-refractivity contribution is 0.0970. The zero-order chi connectivity index (χ0) is 20.3. The second kappa shape index (κ2) is 6.76. The molecular weight excluding hydrogens is 478 g/mol. The van der Waals surface area contributed by atoms with Crippen molar-refractivity contribution in [3.63, 3.8) is 0 Å². The molecule has 3 heterocycles. The molecule has 6 nitrogen and oxygen atoms in total. The Morgan fingerprint density at radius 1 is 1.17 bits per heavy atom. The van der Waals surface area contributed by atoms with Crippen LogP contribution in [0.15, 0.2) is 56.1 Å². The van der Waals surface area contributed by atoms with Crippen LogP contribution < -0.4 is 10.3 Å². The van der Waals surface area contributed by atoms with Gasteiger partial charge < -0.3 is 4.42 Å². The van der Waals surface area contributed by atoms with Crippen molar-refractivity contribution in [2.24, 2.45) is 0 Å². The minimum atomic E-state index is -0.679. The maximum absolute atomic E-state index is 13.4. The number of fused-ring (bicyclic) bond motifs is 2. The van der Waals surface area contributed by atoms with Gasteiger partial charge >= 0.3 is 0 Å². The highest BCUT2D eigenvalue weighted by Gasteiger charge is 2.45. The Morgan fingerprint density at radius 3 is 2.72 bits per heavy atom. The number of aromatic nitrogens is 2. The quantitative estimate of drug-likeness (QED) is 0.391. The van der Waals surface area contributed by atoms with Gasteiger partial charge in [-0.15, -0.1) is 10.2 Å². The van der Waals surface area contributed by atoms with Gasteiger partial charge in [0.2, 0.25) is 10.9 Å². The molecule has 2 aromatic carbocycles. The minimum Gasteiger partial charge on any atom is -0.450 e. The van der Waals surface area contributed by atoms with Crippen LogP contribution in [0.4, 0.5) is 5.13 Å². The molecule has 0 saturated heterocycles. The average Bonchev–Trinajstić information content (AvgIpc) is 3.24. The molecule has 1 atom stereocenters. The smallest absolute Gasteiger partial charge is 0.297 e. The van der Waals surface area contributed by atoms with Crippen molar-refractivity contribution in [3.8, 4) is 0 Å². The van der Waals surface area contributed by atoms with Crippen molar-refractivity contribution in [2.45, 2.75) is 13.0 Å². The van der Waals surface area contributed by atoms with Crippen molar-refractivity contribution in [1.29, 1.82) is 0 Å². The standard InChI is InChI=1S/C20H11BrClN3O3S/c1-9-23-24-20(29-9)25-16(10-3-2-4-11(21)7-10)15-17(26)13-8-12(22)5-6-14(13)28-18(15)19(25)27/h2-8,16H,1H3/t16-/m1/s1. The summed E-state index contributed by atoms with van der Waals surface area (Å²) in [4.78, 5) is 28.2. The lowest BCUT2D eigenvalue weighted by Gasteiger charge is -2.22. The van der Waals surface area contributed by atoms with Gasteiger partial charge in [0.25, 0.3) is 5.91 Å². The minimum absolute atomic E-state index is 0.0163. The topological polar surface area (TPSA) is 76.3 Å². The monoisotopic (exact) mass is 487 g/mol. The lowest BCUT2D eigenvalue weighted by atomic mass is 9.99. The molecule has 0 saturated carbocycles. The molecule has 144 valence electrons. The van der Waals surface area contributed by atoms with E-state index in [-0.39, 0.29) is 16.8 Å². The summed E-state index contributed by atoms with van der Waals surface area (Å²) in [6, 6.07) is 11.6. The highest BCUT2D eigenvalue weighted by Crippen LogP contribution is 2.42. The molecule has 0 unspecified atom stereocenters. The SMILES string of the molecule is Cc1nnc(N2C(=O)c3oc4ccc(Cl)cc4c(=O)c3[C@H]2c2cccc(Br)c2)s1. The molecule has 2 aromatic heterocycles. The van der Waals surface area contributed by atoms with Gasteiger partial charge in [0, 0.05) is 9.50 Å². The number of anilines is 1. The number of benzene rings is 2. The van der Waals surface area contributed by atoms with Crippen molar-refractivity contribution >= 4 is 60.9 Å². The van der Waals surface area contributed by atoms with Crippen LogP contribution in [0.2, 0.25) is 5.02 Å². The van der Waals surface area contributed by atoms with E-state index < -0.39 is 11.9 Å². The Balaban J connectivity index is 1.84. The summed E-state index contributed by atoms with van der Waals surface area (Å²) >= 11 is 10.8. The van der Waals surface area contributed by atoms with Gasteiger partial charge in [-0.2, -0.15) is 0 Å². The van der Waals surface area contributed by atoms with E-state index >= 15 is 0 Å². The summed E-state index contributed by atoms with van der Waals surface area (Å²) in [6.07, 6.45) is 0. The highest BCUT2D eigenvalue weighted by molar-refractivity contribution is 9.10. The van der Waals surface area contributed by atoms with Crippen LogP contribution in [0.3, 0.4) is 0 Å². The summed E-state index contributed by atoms with van der Waals surface area (Å²) in [5.41, 5.74) is 1.06. The van der Waals surface area contributed by atoms with Crippen LogP contribution in [-0.2, 0) is 0 Å². The first-order valence-electron chi connectivity index (χ1n) is 8.59. The van der Waals surface area contributed by atoms with Gasteiger partial charge in [0.05, 0.1) is 17.0 Å². The largest absolute Gasteiger partial charge is 0.450 e. The molecule has 29 heavy (non-hydrogen) atoms. The van der Waals surface area contributed by atoms with Crippen LogP contribution >= 0.6 is 38.9 Å². The molecule has 4 aromatic rings. The fourth-order valence-corrected chi connectivity index (χ4v) is 4.82. The first-order chi connectivity index (χ1) is 13.9. The maximum Gasteiger partial charge on any atom is 0.297 e. The molecule has 0 N–H and O–H groups in total. The Bertz CT molecular complexity index is 1370. The van der Waals surface area contributed by atoms with Crippen molar-refractivity contribution in [1.82, 2.24) is 10.2 Å².